The summed E-state index contributed by atoms with van der Waals surface area (Å²) in [6.45, 7) is 1.68. The molecule has 0 amide bonds. The third-order valence-electron chi connectivity index (χ3n) is 1.95. The van der Waals surface area contributed by atoms with Crippen molar-refractivity contribution in [1.82, 2.24) is 5.32 Å². The fraction of sp³-hybridized carbons (Fsp3) is 0.333. The number of phenols is 1. The number of ether oxygens (including phenoxy) is 1. The molecule has 1 saturated heterocycles. The number of benzene rings is 1. The van der Waals surface area contributed by atoms with Crippen molar-refractivity contribution in [2.45, 2.75) is 6.10 Å². The second-order valence-electron chi connectivity index (χ2n) is 3.01. The molecule has 0 unspecified atom stereocenters. The molecule has 1 heterocycles. The molecule has 0 spiro atoms. The first kappa shape index (κ1) is 8.66. The van der Waals surface area contributed by atoms with Crippen molar-refractivity contribution in [3.05, 3.63) is 23.2 Å². The van der Waals surface area contributed by atoms with Crippen molar-refractivity contribution < 1.29 is 9.84 Å². The Morgan fingerprint density at radius 2 is 2.23 bits per heavy atom. The van der Waals surface area contributed by atoms with Gasteiger partial charge in [-0.1, -0.05) is 11.6 Å². The summed E-state index contributed by atoms with van der Waals surface area (Å²) < 4.78 is 5.51. The van der Waals surface area contributed by atoms with Gasteiger partial charge in [-0.2, -0.15) is 0 Å². The summed E-state index contributed by atoms with van der Waals surface area (Å²) in [7, 11) is 0. The van der Waals surface area contributed by atoms with Gasteiger partial charge in [-0.15, -0.1) is 0 Å². The summed E-state index contributed by atoms with van der Waals surface area (Å²) in [5.41, 5.74) is 0. The molecule has 0 bridgehead atoms. The molecular formula is C9H10ClNO2. The van der Waals surface area contributed by atoms with E-state index in [1.807, 2.05) is 0 Å². The highest BCUT2D eigenvalue weighted by Gasteiger charge is 2.19. The standard InChI is InChI=1S/C9H10ClNO2/c10-8-2-1-6(12)3-9(8)13-7-4-11-5-7/h1-3,7,11-12H,4-5H2. The average Bonchev–Trinajstić information content (AvgIpc) is 2.03. The van der Waals surface area contributed by atoms with Gasteiger partial charge in [0.1, 0.15) is 17.6 Å². The average molecular weight is 200 g/mol. The molecule has 4 heteroatoms. The van der Waals surface area contributed by atoms with E-state index in [4.69, 9.17) is 16.3 Å². The summed E-state index contributed by atoms with van der Waals surface area (Å²) in [4.78, 5) is 0. The lowest BCUT2D eigenvalue weighted by Crippen LogP contribution is -2.50. The molecule has 0 saturated carbocycles. The lowest BCUT2D eigenvalue weighted by Gasteiger charge is -2.28. The largest absolute Gasteiger partial charge is 0.508 e. The number of nitrogens with one attached hydrogen (secondary N) is 1. The summed E-state index contributed by atoms with van der Waals surface area (Å²) in [5.74, 6) is 0.722. The molecule has 0 aliphatic carbocycles. The topological polar surface area (TPSA) is 41.5 Å². The van der Waals surface area contributed by atoms with Gasteiger partial charge in [0.25, 0.3) is 0 Å². The van der Waals surface area contributed by atoms with Crippen LogP contribution in [-0.2, 0) is 0 Å². The third-order valence-corrected chi connectivity index (χ3v) is 2.26. The van der Waals surface area contributed by atoms with Crippen LogP contribution in [0, 0.1) is 0 Å². The highest BCUT2D eigenvalue weighted by atomic mass is 35.5. The Morgan fingerprint density at radius 1 is 1.46 bits per heavy atom. The molecule has 70 valence electrons. The monoisotopic (exact) mass is 199 g/mol. The van der Waals surface area contributed by atoms with Crippen molar-refractivity contribution in [2.75, 3.05) is 13.1 Å². The summed E-state index contributed by atoms with van der Waals surface area (Å²) in [6, 6.07) is 4.69. The number of halogens is 1. The van der Waals surface area contributed by atoms with Gasteiger partial charge in [-0.05, 0) is 12.1 Å². The number of hydrogen-bond donors (Lipinski definition) is 2. The van der Waals surface area contributed by atoms with Gasteiger partial charge in [0, 0.05) is 19.2 Å². The minimum atomic E-state index is 0.173. The van der Waals surface area contributed by atoms with Gasteiger partial charge in [0.2, 0.25) is 0 Å². The van der Waals surface area contributed by atoms with E-state index < -0.39 is 0 Å². The van der Waals surface area contributed by atoms with Crippen LogP contribution in [0.1, 0.15) is 0 Å². The number of aromatic hydroxyl groups is 1. The molecular weight excluding hydrogens is 190 g/mol. The van der Waals surface area contributed by atoms with Gasteiger partial charge in [-0.3, -0.25) is 0 Å². The van der Waals surface area contributed by atoms with Crippen LogP contribution in [0.4, 0.5) is 0 Å². The molecule has 1 aromatic carbocycles. The Hall–Kier alpha value is -0.930. The molecule has 13 heavy (non-hydrogen) atoms. The molecule has 1 fully saturated rings. The maximum Gasteiger partial charge on any atom is 0.142 e. The fourth-order valence-electron chi connectivity index (χ4n) is 1.11. The van der Waals surface area contributed by atoms with E-state index in [0.717, 1.165) is 13.1 Å². The Labute approximate surface area is 81.3 Å². The molecule has 0 radical (unpaired) electrons. The predicted molar refractivity (Wildman–Crippen MR) is 50.4 cm³/mol. The minimum absolute atomic E-state index is 0.173. The second kappa shape index (κ2) is 3.44. The van der Waals surface area contributed by atoms with Gasteiger partial charge >= 0.3 is 0 Å². The van der Waals surface area contributed by atoms with Crippen molar-refractivity contribution in [2.24, 2.45) is 0 Å². The summed E-state index contributed by atoms with van der Waals surface area (Å²) >= 11 is 5.86. The molecule has 2 rings (SSSR count). The van der Waals surface area contributed by atoms with E-state index in [2.05, 4.69) is 5.32 Å². The summed E-state index contributed by atoms with van der Waals surface area (Å²) in [5, 5.41) is 12.8. The second-order valence-corrected chi connectivity index (χ2v) is 3.42. The van der Waals surface area contributed by atoms with Crippen LogP contribution in [0.25, 0.3) is 0 Å². The highest BCUT2D eigenvalue weighted by Crippen LogP contribution is 2.29. The Balaban J connectivity index is 2.13. The van der Waals surface area contributed by atoms with E-state index in [0.29, 0.717) is 10.8 Å². The maximum absolute atomic E-state index is 9.19. The first-order valence-electron chi connectivity index (χ1n) is 4.11. The van der Waals surface area contributed by atoms with Crippen molar-refractivity contribution in [3.8, 4) is 11.5 Å². The van der Waals surface area contributed by atoms with E-state index in [1.54, 1.807) is 6.07 Å². The van der Waals surface area contributed by atoms with Gasteiger partial charge in [-0.25, -0.2) is 0 Å². The van der Waals surface area contributed by atoms with Gasteiger partial charge < -0.3 is 15.2 Å². The van der Waals surface area contributed by atoms with Crippen molar-refractivity contribution >= 4 is 11.6 Å². The minimum Gasteiger partial charge on any atom is -0.508 e. The molecule has 0 atom stereocenters. The summed E-state index contributed by atoms with van der Waals surface area (Å²) in [6.07, 6.45) is 0.180. The van der Waals surface area contributed by atoms with Crippen molar-refractivity contribution in [3.63, 3.8) is 0 Å². The zero-order valence-corrected chi connectivity index (χ0v) is 7.71. The Bertz CT molecular complexity index is 312. The SMILES string of the molecule is Oc1ccc(Cl)c(OC2CNC2)c1. The molecule has 3 nitrogen and oxygen atoms in total. The Kier molecular flexibility index (Phi) is 2.29. The van der Waals surface area contributed by atoms with Crippen LogP contribution >= 0.6 is 11.6 Å². The van der Waals surface area contributed by atoms with E-state index in [9.17, 15) is 5.11 Å². The van der Waals surface area contributed by atoms with E-state index in [1.165, 1.54) is 12.1 Å². The number of hydrogen-bond acceptors (Lipinski definition) is 3. The van der Waals surface area contributed by atoms with E-state index >= 15 is 0 Å². The first-order valence-corrected chi connectivity index (χ1v) is 4.49. The van der Waals surface area contributed by atoms with Crippen LogP contribution < -0.4 is 10.1 Å². The zero-order chi connectivity index (χ0) is 9.26. The zero-order valence-electron chi connectivity index (χ0n) is 6.96. The van der Waals surface area contributed by atoms with E-state index in [-0.39, 0.29) is 11.9 Å². The molecule has 0 aromatic heterocycles. The van der Waals surface area contributed by atoms with Crippen LogP contribution in [0.3, 0.4) is 0 Å². The predicted octanol–water partition coefficient (Wildman–Crippen LogP) is 1.40. The molecule has 1 aliphatic rings. The normalized spacial score (nSPS) is 16.7. The smallest absolute Gasteiger partial charge is 0.142 e. The van der Waals surface area contributed by atoms with Crippen molar-refractivity contribution in [1.29, 1.82) is 0 Å². The molecule has 1 aliphatic heterocycles. The fourth-order valence-corrected chi connectivity index (χ4v) is 1.27. The lowest BCUT2D eigenvalue weighted by atomic mass is 10.2. The third kappa shape index (κ3) is 1.87. The maximum atomic E-state index is 9.19. The van der Waals surface area contributed by atoms with Crippen LogP contribution in [-0.4, -0.2) is 24.3 Å². The number of rotatable bonds is 2. The lowest BCUT2D eigenvalue weighted by molar-refractivity contribution is 0.142. The van der Waals surface area contributed by atoms with Gasteiger partial charge in [0.15, 0.2) is 0 Å². The van der Waals surface area contributed by atoms with Gasteiger partial charge in [0.05, 0.1) is 5.02 Å². The van der Waals surface area contributed by atoms with Crippen LogP contribution in [0.5, 0.6) is 11.5 Å². The van der Waals surface area contributed by atoms with Crippen LogP contribution in [0.2, 0.25) is 5.02 Å². The quantitative estimate of drug-likeness (QED) is 0.757. The molecule has 1 aromatic rings. The first-order chi connectivity index (χ1) is 6.25. The Morgan fingerprint density at radius 3 is 2.85 bits per heavy atom. The molecule has 2 N–H and O–H groups in total. The van der Waals surface area contributed by atoms with Crippen LogP contribution in [0.15, 0.2) is 18.2 Å². The highest BCUT2D eigenvalue weighted by molar-refractivity contribution is 6.32. The number of phenolic OH excluding ortho intramolecular Hbond substituents is 1.